The maximum Gasteiger partial charge on any atom is 0.243 e. The first-order valence-electron chi connectivity index (χ1n) is 27.6. The van der Waals surface area contributed by atoms with Gasteiger partial charge in [0, 0.05) is 99.8 Å². The summed E-state index contributed by atoms with van der Waals surface area (Å²) < 4.78 is 12.5. The van der Waals surface area contributed by atoms with Crippen LogP contribution in [0.4, 0.5) is 23.0 Å². The van der Waals surface area contributed by atoms with Crippen LogP contribution in [0.5, 0.6) is 11.6 Å². The monoisotopic (exact) mass is 1070 g/mol. The number of nitrogens with zero attached hydrogens (tertiary/aromatic N) is 10. The van der Waals surface area contributed by atoms with E-state index in [1.54, 1.807) is 23.5 Å². The number of thiazole rings is 1. The first-order chi connectivity index (χ1) is 37.8. The van der Waals surface area contributed by atoms with Crippen LogP contribution in [0.1, 0.15) is 94.7 Å². The van der Waals surface area contributed by atoms with Crippen molar-refractivity contribution in [3.8, 4) is 45.2 Å². The fraction of sp³-hybridized carbons (Fsp3) is 0.475. The van der Waals surface area contributed by atoms with Crippen molar-refractivity contribution >= 4 is 46.2 Å². The number of rotatable bonds is 14. The summed E-state index contributed by atoms with van der Waals surface area (Å²) >= 11 is 1.60. The molecule has 6 atom stereocenters. The molecule has 0 saturated carbocycles. The van der Waals surface area contributed by atoms with E-state index in [1.165, 1.54) is 4.90 Å². The van der Waals surface area contributed by atoms with Gasteiger partial charge < -0.3 is 50.1 Å². The average molecular weight is 1080 g/mol. The highest BCUT2D eigenvalue weighted by Crippen LogP contribution is 2.40. The Kier molecular flexibility index (Phi) is 15.5. The number of piperazine rings is 1. The Labute approximate surface area is 460 Å². The fourth-order valence-electron chi connectivity index (χ4n) is 12.2. The molecule has 2 bridgehead atoms. The van der Waals surface area contributed by atoms with Gasteiger partial charge in [-0.2, -0.15) is 0 Å². The molecule has 2 aromatic carbocycles. The number of nitrogens with two attached hydrogens (primary N) is 1. The number of pyridine rings is 1. The molecular weight excluding hydrogens is 1000 g/mol. The Hall–Kier alpha value is -7.27. The smallest absolute Gasteiger partial charge is 0.243 e. The van der Waals surface area contributed by atoms with E-state index in [-0.39, 0.29) is 54.5 Å². The molecule has 5 aliphatic heterocycles. The zero-order chi connectivity index (χ0) is 54.0. The molecule has 5 saturated heterocycles. The van der Waals surface area contributed by atoms with Crippen molar-refractivity contribution in [3.05, 3.63) is 102 Å². The Balaban J connectivity index is 0.626. The zero-order valence-corrected chi connectivity index (χ0v) is 45.7. The standard InChI is InChI=1S/C59H70N12O6S/c1-36(2)55(59(75)70-34-45(72)29-50(70)58(74)63-37(3)40-11-13-41(14-12-40)56-38(4)62-35-78-56)52-31-53(66-77-52)68-26-18-39(19-27-68)8-7-23-67-24-20-46(21-25-67)76-54-28-42(17-22-61-54)71-43-15-16-44(71)33-69(32-43)49-30-48(64-65-57(49)60)47-9-5-6-10-51(47)73/h5-6,9-14,17,22,28,30-31,35-37,39,43-46,50,55,72-73H,15-16,18-21,23-27,29,32-34H2,1-4H3,(H2,60,65)(H,63,74)/t37-,43?,44?,45+,50-,55-/m0/s1. The number of β-amino-alcohol motifs (C(OH)–C–C–N with tert-alkyl or cyclic N) is 1. The van der Waals surface area contributed by atoms with Crippen molar-refractivity contribution in [3.63, 3.8) is 0 Å². The highest BCUT2D eigenvalue weighted by molar-refractivity contribution is 7.13. The van der Waals surface area contributed by atoms with Crippen molar-refractivity contribution < 1.29 is 29.1 Å². The summed E-state index contributed by atoms with van der Waals surface area (Å²) in [4.78, 5) is 49.3. The summed E-state index contributed by atoms with van der Waals surface area (Å²) in [6.45, 7) is 13.6. The van der Waals surface area contributed by atoms with Gasteiger partial charge in [-0.25, -0.2) is 9.97 Å². The number of likely N-dealkylation sites (tertiary alicyclic amines) is 2. The van der Waals surface area contributed by atoms with Crippen LogP contribution in [0.2, 0.25) is 0 Å². The van der Waals surface area contributed by atoms with E-state index in [0.717, 1.165) is 117 Å². The number of aliphatic hydroxyl groups is 1. The van der Waals surface area contributed by atoms with Crippen LogP contribution in [-0.2, 0) is 9.59 Å². The molecule has 5 fully saturated rings. The van der Waals surface area contributed by atoms with Crippen LogP contribution in [0, 0.1) is 30.6 Å². The van der Waals surface area contributed by atoms with Crippen LogP contribution >= 0.6 is 11.3 Å². The molecule has 78 heavy (non-hydrogen) atoms. The second kappa shape index (κ2) is 23.0. The van der Waals surface area contributed by atoms with Gasteiger partial charge >= 0.3 is 0 Å². The van der Waals surface area contributed by atoms with Crippen molar-refractivity contribution in [1.29, 1.82) is 0 Å². The van der Waals surface area contributed by atoms with Gasteiger partial charge in [0.15, 0.2) is 17.4 Å². The second-order valence-corrected chi connectivity index (χ2v) is 22.9. The number of aromatic nitrogens is 5. The minimum Gasteiger partial charge on any atom is -0.507 e. The summed E-state index contributed by atoms with van der Waals surface area (Å²) in [6, 6.07) is 22.7. The third kappa shape index (κ3) is 11.3. The van der Waals surface area contributed by atoms with Crippen LogP contribution in [-0.4, -0.2) is 140 Å². The summed E-state index contributed by atoms with van der Waals surface area (Å²) in [5.74, 6) is 8.34. The van der Waals surface area contributed by atoms with Gasteiger partial charge in [-0.05, 0) is 93.7 Å². The Bertz CT molecular complexity index is 3130. The molecular formula is C59H70N12O6S. The molecule has 0 spiro atoms. The SMILES string of the molecule is Cc1ncsc1-c1ccc([C@H](C)NC(=O)[C@@H]2C[C@@H](O)CN2C(=O)[C@H](c2cc(N3CCC(C#CCN4CCC(Oc5cc(N6C7CCC6CN(c6cc(-c8ccccc8O)nnc6N)C7)ccn5)CC4)CC3)no2)C(C)C)cc1. The number of aliphatic hydroxyl groups excluding tert-OH is 1. The lowest BCUT2D eigenvalue weighted by Crippen LogP contribution is -2.54. The summed E-state index contributed by atoms with van der Waals surface area (Å²) in [6.07, 6.45) is 7.06. The Morgan fingerprint density at radius 3 is 2.37 bits per heavy atom. The van der Waals surface area contributed by atoms with Gasteiger partial charge in [0.1, 0.15) is 23.8 Å². The maximum absolute atomic E-state index is 14.4. The van der Waals surface area contributed by atoms with Crippen LogP contribution in [0.3, 0.4) is 0 Å². The number of carbonyl (C=O) groups is 2. The summed E-state index contributed by atoms with van der Waals surface area (Å²) in [5.41, 5.74) is 14.4. The number of fused-ring (bicyclic) bond motifs is 2. The van der Waals surface area contributed by atoms with E-state index in [0.29, 0.717) is 46.6 Å². The molecule has 11 rings (SSSR count). The number of hydrogen-bond donors (Lipinski definition) is 4. The van der Waals surface area contributed by atoms with Gasteiger partial charge in [0.25, 0.3) is 0 Å². The topological polar surface area (TPSA) is 216 Å². The van der Waals surface area contributed by atoms with E-state index in [1.807, 2.05) is 87.9 Å². The number of nitrogens with one attached hydrogen (secondary N) is 1. The molecule has 408 valence electrons. The molecule has 2 amide bonds. The van der Waals surface area contributed by atoms with E-state index in [9.17, 15) is 19.8 Å². The predicted octanol–water partition coefficient (Wildman–Crippen LogP) is 7.45. The van der Waals surface area contributed by atoms with Crippen LogP contribution in [0.15, 0.2) is 89.0 Å². The normalized spacial score (nSPS) is 21.9. The lowest BCUT2D eigenvalue weighted by Gasteiger charge is -2.43. The van der Waals surface area contributed by atoms with E-state index < -0.39 is 18.1 Å². The first kappa shape index (κ1) is 52.8. The number of anilines is 4. The molecule has 19 heteroatoms. The molecule has 9 heterocycles. The maximum atomic E-state index is 14.4. The predicted molar refractivity (Wildman–Crippen MR) is 301 cm³/mol. The number of amides is 2. The molecule has 5 N–H and O–H groups in total. The van der Waals surface area contributed by atoms with E-state index >= 15 is 0 Å². The highest BCUT2D eigenvalue weighted by Gasteiger charge is 2.44. The number of phenols is 1. The minimum atomic E-state index is -0.811. The number of phenolic OH excluding ortho intramolecular Hbond substituents is 1. The first-order valence-corrected chi connectivity index (χ1v) is 28.5. The average Bonchev–Trinajstić information content (AvgIpc) is 4.32. The zero-order valence-electron chi connectivity index (χ0n) is 44.9. The van der Waals surface area contributed by atoms with Crippen LogP contribution < -0.4 is 30.5 Å². The van der Waals surface area contributed by atoms with Gasteiger partial charge in [0.05, 0.1) is 46.2 Å². The molecule has 6 aromatic rings. The number of ether oxygens (including phenoxy) is 1. The lowest BCUT2D eigenvalue weighted by molar-refractivity contribution is -0.141. The Morgan fingerprint density at radius 2 is 1.65 bits per heavy atom. The number of aromatic hydroxyl groups is 1. The lowest BCUT2D eigenvalue weighted by atomic mass is 9.91. The van der Waals surface area contributed by atoms with Crippen molar-refractivity contribution in [2.24, 2.45) is 11.8 Å². The molecule has 0 radical (unpaired) electrons. The second-order valence-electron chi connectivity index (χ2n) is 22.1. The quantitative estimate of drug-likeness (QED) is 0.0780. The number of para-hydroxylation sites is 1. The number of nitrogen functional groups attached to an aromatic ring is 1. The van der Waals surface area contributed by atoms with Crippen molar-refractivity contribution in [1.82, 2.24) is 40.4 Å². The Morgan fingerprint density at radius 1 is 0.897 bits per heavy atom. The van der Waals surface area contributed by atoms with Crippen molar-refractivity contribution in [2.45, 2.75) is 115 Å². The van der Waals surface area contributed by atoms with Gasteiger partial charge in [0.2, 0.25) is 17.7 Å². The van der Waals surface area contributed by atoms with Crippen molar-refractivity contribution in [2.75, 3.05) is 72.8 Å². The molecule has 4 aromatic heterocycles. The van der Waals surface area contributed by atoms with E-state index in [2.05, 4.69) is 74.2 Å². The molecule has 0 aliphatic carbocycles. The number of piperidine rings is 2. The van der Waals surface area contributed by atoms with Gasteiger partial charge in [-0.3, -0.25) is 14.5 Å². The number of benzene rings is 2. The highest BCUT2D eigenvalue weighted by atomic mass is 32.1. The van der Waals surface area contributed by atoms with Gasteiger partial charge in [-0.1, -0.05) is 67.2 Å². The van der Waals surface area contributed by atoms with E-state index in [4.69, 9.17) is 15.0 Å². The molecule has 5 aliphatic rings. The van der Waals surface area contributed by atoms with Gasteiger partial charge in [-0.15, -0.1) is 21.5 Å². The number of hydrogen-bond acceptors (Lipinski definition) is 17. The summed E-state index contributed by atoms with van der Waals surface area (Å²) in [7, 11) is 0. The minimum absolute atomic E-state index is 0.0741. The third-order valence-electron chi connectivity index (χ3n) is 16.5. The number of carbonyl (C=O) groups excluding carboxylic acids is 2. The summed E-state index contributed by atoms with van der Waals surface area (Å²) in [5, 5.41) is 37.4. The molecule has 2 unspecified atom stereocenters. The van der Waals surface area contributed by atoms with Crippen LogP contribution in [0.25, 0.3) is 21.7 Å². The third-order valence-corrected chi connectivity index (χ3v) is 17.4. The number of aryl methyl sites for hydroxylation is 1. The molecule has 18 nitrogen and oxygen atoms in total. The largest absolute Gasteiger partial charge is 0.507 e. The fourth-order valence-corrected chi connectivity index (χ4v) is 13.0.